The number of halogens is 1. The van der Waals surface area contributed by atoms with Crippen molar-refractivity contribution in [3.8, 4) is 5.75 Å². The topological polar surface area (TPSA) is 38.3 Å². The molecular formula is C20H18BrNO2. The number of aryl methyl sites for hydroxylation is 1. The molecule has 0 heterocycles. The van der Waals surface area contributed by atoms with Crippen LogP contribution in [0.2, 0.25) is 0 Å². The van der Waals surface area contributed by atoms with Gasteiger partial charge in [0.15, 0.2) is 6.61 Å². The normalized spacial score (nSPS) is 10.6. The summed E-state index contributed by atoms with van der Waals surface area (Å²) in [4.78, 5) is 12.0. The molecule has 0 spiro atoms. The average Bonchev–Trinajstić information content (AvgIpc) is 2.60. The molecule has 3 aromatic rings. The molecule has 3 rings (SSSR count). The van der Waals surface area contributed by atoms with E-state index in [1.165, 1.54) is 5.56 Å². The Labute approximate surface area is 149 Å². The van der Waals surface area contributed by atoms with Crippen LogP contribution >= 0.6 is 15.9 Å². The summed E-state index contributed by atoms with van der Waals surface area (Å²) in [6.07, 6.45) is 0.982. The van der Waals surface area contributed by atoms with Gasteiger partial charge in [-0.25, -0.2) is 0 Å². The maximum absolute atomic E-state index is 12.0. The first-order valence-corrected chi connectivity index (χ1v) is 8.64. The van der Waals surface area contributed by atoms with Crippen molar-refractivity contribution in [1.82, 2.24) is 0 Å². The van der Waals surface area contributed by atoms with E-state index in [-0.39, 0.29) is 12.5 Å². The third kappa shape index (κ3) is 4.15. The van der Waals surface area contributed by atoms with Crippen LogP contribution in [0.15, 0.2) is 65.1 Å². The van der Waals surface area contributed by atoms with Crippen molar-refractivity contribution in [3.63, 3.8) is 0 Å². The van der Waals surface area contributed by atoms with E-state index in [1.807, 2.05) is 60.7 Å². The summed E-state index contributed by atoms with van der Waals surface area (Å²) < 4.78 is 6.64. The molecule has 0 aromatic heterocycles. The maximum Gasteiger partial charge on any atom is 0.262 e. The average molecular weight is 384 g/mol. The number of benzene rings is 3. The SMILES string of the molecule is CCc1ccc(NC(=O)COc2ccc3cc(Br)ccc3c2)cc1. The van der Waals surface area contributed by atoms with Crippen LogP contribution in [0.4, 0.5) is 5.69 Å². The highest BCUT2D eigenvalue weighted by atomic mass is 79.9. The molecular weight excluding hydrogens is 366 g/mol. The predicted molar refractivity (Wildman–Crippen MR) is 102 cm³/mol. The van der Waals surface area contributed by atoms with Crippen LogP contribution in [0.3, 0.4) is 0 Å². The smallest absolute Gasteiger partial charge is 0.262 e. The molecule has 122 valence electrons. The second-order valence-corrected chi connectivity index (χ2v) is 6.46. The number of amides is 1. The summed E-state index contributed by atoms with van der Waals surface area (Å²) in [6.45, 7) is 2.08. The molecule has 0 radical (unpaired) electrons. The minimum absolute atomic E-state index is 0.0163. The third-order valence-corrected chi connectivity index (χ3v) is 4.28. The van der Waals surface area contributed by atoms with E-state index in [0.29, 0.717) is 5.75 Å². The standard InChI is InChI=1S/C20H18BrNO2/c1-2-14-3-8-18(9-4-14)22-20(23)13-24-19-10-6-15-11-17(21)7-5-16(15)12-19/h3-12H,2,13H2,1H3,(H,22,23). The molecule has 3 aromatic carbocycles. The summed E-state index contributed by atoms with van der Waals surface area (Å²) in [7, 11) is 0. The molecule has 0 fully saturated rings. The third-order valence-electron chi connectivity index (χ3n) is 3.79. The van der Waals surface area contributed by atoms with Gasteiger partial charge >= 0.3 is 0 Å². The summed E-state index contributed by atoms with van der Waals surface area (Å²) in [5.41, 5.74) is 2.02. The molecule has 1 N–H and O–H groups in total. The zero-order chi connectivity index (χ0) is 16.9. The largest absolute Gasteiger partial charge is 0.484 e. The summed E-state index contributed by atoms with van der Waals surface area (Å²) >= 11 is 3.46. The lowest BCUT2D eigenvalue weighted by molar-refractivity contribution is -0.118. The van der Waals surface area contributed by atoms with Crippen LogP contribution in [-0.4, -0.2) is 12.5 Å². The second kappa shape index (κ2) is 7.49. The second-order valence-electron chi connectivity index (χ2n) is 5.54. The van der Waals surface area contributed by atoms with Gasteiger partial charge < -0.3 is 10.1 Å². The van der Waals surface area contributed by atoms with Gasteiger partial charge in [0.2, 0.25) is 0 Å². The van der Waals surface area contributed by atoms with Crippen molar-refractivity contribution in [2.75, 3.05) is 11.9 Å². The zero-order valence-corrected chi connectivity index (χ0v) is 15.0. The summed E-state index contributed by atoms with van der Waals surface area (Å²) in [5.74, 6) is 0.511. The van der Waals surface area contributed by atoms with E-state index < -0.39 is 0 Å². The highest BCUT2D eigenvalue weighted by molar-refractivity contribution is 9.10. The minimum atomic E-state index is -0.171. The lowest BCUT2D eigenvalue weighted by Gasteiger charge is -2.09. The van der Waals surface area contributed by atoms with Gasteiger partial charge in [0.1, 0.15) is 5.75 Å². The van der Waals surface area contributed by atoms with E-state index in [4.69, 9.17) is 4.74 Å². The number of fused-ring (bicyclic) bond motifs is 1. The van der Waals surface area contributed by atoms with Crippen LogP contribution in [0.5, 0.6) is 5.75 Å². The molecule has 3 nitrogen and oxygen atoms in total. The Morgan fingerprint density at radius 3 is 2.46 bits per heavy atom. The number of anilines is 1. The van der Waals surface area contributed by atoms with Crippen LogP contribution in [0.25, 0.3) is 10.8 Å². The molecule has 0 bridgehead atoms. The molecule has 0 aliphatic rings. The minimum Gasteiger partial charge on any atom is -0.484 e. The highest BCUT2D eigenvalue weighted by Crippen LogP contribution is 2.24. The molecule has 0 aliphatic carbocycles. The van der Waals surface area contributed by atoms with Gasteiger partial charge in [0, 0.05) is 10.2 Å². The Bertz CT molecular complexity index is 859. The van der Waals surface area contributed by atoms with Crippen molar-refractivity contribution >= 4 is 38.3 Å². The quantitative estimate of drug-likeness (QED) is 0.658. The molecule has 0 saturated carbocycles. The maximum atomic E-state index is 12.0. The molecule has 0 saturated heterocycles. The van der Waals surface area contributed by atoms with Crippen molar-refractivity contribution in [2.24, 2.45) is 0 Å². The van der Waals surface area contributed by atoms with E-state index in [9.17, 15) is 4.79 Å². The summed E-state index contributed by atoms with van der Waals surface area (Å²) in [5, 5.41) is 5.04. The number of hydrogen-bond acceptors (Lipinski definition) is 2. The fraction of sp³-hybridized carbons (Fsp3) is 0.150. The van der Waals surface area contributed by atoms with E-state index in [1.54, 1.807) is 0 Å². The van der Waals surface area contributed by atoms with Crippen LogP contribution in [-0.2, 0) is 11.2 Å². The summed E-state index contributed by atoms with van der Waals surface area (Å²) in [6, 6.07) is 19.7. The Morgan fingerprint density at radius 1 is 1.00 bits per heavy atom. The van der Waals surface area contributed by atoms with Crippen molar-refractivity contribution in [1.29, 1.82) is 0 Å². The van der Waals surface area contributed by atoms with Crippen LogP contribution in [0.1, 0.15) is 12.5 Å². The Morgan fingerprint density at radius 2 is 1.71 bits per heavy atom. The number of ether oxygens (including phenoxy) is 1. The lowest BCUT2D eigenvalue weighted by atomic mass is 10.1. The first-order chi connectivity index (χ1) is 11.6. The van der Waals surface area contributed by atoms with Crippen LogP contribution in [0, 0.1) is 0 Å². The molecule has 1 amide bonds. The zero-order valence-electron chi connectivity index (χ0n) is 13.4. The number of carbonyl (C=O) groups excluding carboxylic acids is 1. The number of nitrogens with one attached hydrogen (secondary N) is 1. The Hall–Kier alpha value is -2.33. The monoisotopic (exact) mass is 383 g/mol. The molecule has 0 unspecified atom stereocenters. The van der Waals surface area contributed by atoms with Gasteiger partial charge in [-0.05, 0) is 59.2 Å². The van der Waals surface area contributed by atoms with Gasteiger partial charge in [0.05, 0.1) is 0 Å². The highest BCUT2D eigenvalue weighted by Gasteiger charge is 2.05. The van der Waals surface area contributed by atoms with Gasteiger partial charge in [-0.15, -0.1) is 0 Å². The predicted octanol–water partition coefficient (Wildman–Crippen LogP) is 5.18. The van der Waals surface area contributed by atoms with Gasteiger partial charge in [-0.3, -0.25) is 4.79 Å². The first kappa shape index (κ1) is 16.5. The van der Waals surface area contributed by atoms with Gasteiger partial charge in [-0.1, -0.05) is 47.1 Å². The lowest BCUT2D eigenvalue weighted by Crippen LogP contribution is -2.20. The van der Waals surface area contributed by atoms with Gasteiger partial charge in [0.25, 0.3) is 5.91 Å². The van der Waals surface area contributed by atoms with Crippen molar-refractivity contribution in [2.45, 2.75) is 13.3 Å². The Balaban J connectivity index is 1.60. The van der Waals surface area contributed by atoms with Gasteiger partial charge in [-0.2, -0.15) is 0 Å². The molecule has 4 heteroatoms. The fourth-order valence-electron chi connectivity index (χ4n) is 2.45. The van der Waals surface area contributed by atoms with E-state index in [2.05, 4.69) is 28.2 Å². The molecule has 0 atom stereocenters. The Kier molecular flexibility index (Phi) is 5.16. The number of hydrogen-bond donors (Lipinski definition) is 1. The molecule has 24 heavy (non-hydrogen) atoms. The van der Waals surface area contributed by atoms with Crippen molar-refractivity contribution < 1.29 is 9.53 Å². The number of carbonyl (C=O) groups is 1. The van der Waals surface area contributed by atoms with Crippen molar-refractivity contribution in [3.05, 3.63) is 70.7 Å². The van der Waals surface area contributed by atoms with E-state index >= 15 is 0 Å². The first-order valence-electron chi connectivity index (χ1n) is 7.85. The van der Waals surface area contributed by atoms with E-state index in [0.717, 1.165) is 27.4 Å². The fourth-order valence-corrected chi connectivity index (χ4v) is 2.83. The number of rotatable bonds is 5. The molecule has 0 aliphatic heterocycles. The van der Waals surface area contributed by atoms with Crippen LogP contribution < -0.4 is 10.1 Å².